The van der Waals surface area contributed by atoms with Crippen molar-refractivity contribution in [1.29, 1.82) is 0 Å². The van der Waals surface area contributed by atoms with E-state index in [1.807, 2.05) is 0 Å². The highest BCUT2D eigenvalue weighted by atomic mass is 16.6. The zero-order valence-corrected chi connectivity index (χ0v) is 45.6. The number of hydrogen-bond acceptors (Lipinski definition) is 6. The molecule has 0 saturated carbocycles. The van der Waals surface area contributed by atoms with Crippen LogP contribution in [0.4, 0.5) is 0 Å². The summed E-state index contributed by atoms with van der Waals surface area (Å²) in [6, 6.07) is 0. The van der Waals surface area contributed by atoms with Crippen LogP contribution in [0.2, 0.25) is 0 Å². The lowest BCUT2D eigenvalue weighted by molar-refractivity contribution is -0.167. The normalized spacial score (nSPS) is 13.4. The summed E-state index contributed by atoms with van der Waals surface area (Å²) >= 11 is 0. The molecule has 0 heterocycles. The van der Waals surface area contributed by atoms with Gasteiger partial charge in [0.15, 0.2) is 6.10 Å². The van der Waals surface area contributed by atoms with Crippen molar-refractivity contribution in [3.05, 3.63) is 170 Å². The first-order valence-electron chi connectivity index (χ1n) is 28.1. The van der Waals surface area contributed by atoms with Gasteiger partial charge < -0.3 is 14.2 Å². The molecule has 0 aromatic carbocycles. The molecule has 0 aliphatic heterocycles. The fraction of sp³-hybridized carbons (Fsp3) is 0.530. The Morgan fingerprint density at radius 2 is 0.542 bits per heavy atom. The first kappa shape index (κ1) is 66.8. The SMILES string of the molecule is CC/C=C\C/C=C\C/C=C\C/C=C\C/C=C\C/C=C\C/C=C\CCCC(=O)OCC(COC(=O)CCCCCCCCCC)OC(=O)CCC/C=C\C/C=C\C/C=C\C/C=C\C/C=C\C/C=C\C/C=C\CC. The molecule has 0 amide bonds. The number of carbonyl (C=O) groups is 3. The van der Waals surface area contributed by atoms with E-state index in [0.717, 1.165) is 122 Å². The molecular weight excluding hydrogens is 889 g/mol. The molecule has 0 spiro atoms. The quantitative estimate of drug-likeness (QED) is 0.0262. The monoisotopic (exact) mass is 989 g/mol. The summed E-state index contributed by atoms with van der Waals surface area (Å²) in [5.41, 5.74) is 0. The molecule has 0 aliphatic carbocycles. The third-order valence-corrected chi connectivity index (χ3v) is 11.0. The number of allylic oxidation sites excluding steroid dienone is 28. The number of esters is 3. The minimum atomic E-state index is -0.839. The van der Waals surface area contributed by atoms with E-state index in [0.29, 0.717) is 19.3 Å². The summed E-state index contributed by atoms with van der Waals surface area (Å²) in [5, 5.41) is 0. The van der Waals surface area contributed by atoms with Gasteiger partial charge in [0.05, 0.1) is 0 Å². The molecule has 6 heteroatoms. The van der Waals surface area contributed by atoms with Gasteiger partial charge in [-0.2, -0.15) is 0 Å². The Kier molecular flexibility index (Phi) is 54.1. The largest absolute Gasteiger partial charge is 0.462 e. The standard InChI is InChI=1S/C66H100O6/c1-4-7-10-13-16-19-21-23-25-27-29-31-33-35-37-39-41-43-45-47-50-53-56-59-65(68)71-62-63(61-70-64(67)58-55-52-49-18-15-12-9-6-3)72-66(69)60-57-54-51-48-46-44-42-40-38-36-34-32-30-28-26-24-22-20-17-14-11-8-5-2/h7-8,10-11,16-17,19-20,23-26,29-32,35-38,41-44,47-48,50-51,63H,4-6,9,12-15,18,21-22,27-28,33-34,39-40,45-46,49,52-62H2,1-3H3/b10-7-,11-8-,19-16-,20-17-,25-23-,26-24-,31-29-,32-30-,37-35-,38-36-,43-41-,44-42-,50-47-,51-48-. The van der Waals surface area contributed by atoms with Crippen LogP contribution < -0.4 is 0 Å². The second-order valence-electron chi connectivity index (χ2n) is 17.7. The van der Waals surface area contributed by atoms with Crippen LogP contribution in [-0.2, 0) is 28.6 Å². The highest BCUT2D eigenvalue weighted by Crippen LogP contribution is 2.12. The predicted octanol–water partition coefficient (Wildman–Crippen LogP) is 19.1. The Balaban J connectivity index is 4.51. The lowest BCUT2D eigenvalue weighted by Crippen LogP contribution is -2.30. The van der Waals surface area contributed by atoms with E-state index in [2.05, 4.69) is 191 Å². The predicted molar refractivity (Wildman–Crippen MR) is 311 cm³/mol. The summed E-state index contributed by atoms with van der Waals surface area (Å²) < 4.78 is 16.7. The van der Waals surface area contributed by atoms with E-state index in [4.69, 9.17) is 14.2 Å². The van der Waals surface area contributed by atoms with Gasteiger partial charge in [0.1, 0.15) is 13.2 Å². The molecular formula is C66H100O6. The number of ether oxygens (including phenoxy) is 3. The Morgan fingerprint density at radius 1 is 0.292 bits per heavy atom. The average Bonchev–Trinajstić information content (AvgIpc) is 3.38. The van der Waals surface area contributed by atoms with E-state index in [-0.39, 0.29) is 38.0 Å². The van der Waals surface area contributed by atoms with Crippen molar-refractivity contribution >= 4 is 17.9 Å². The smallest absolute Gasteiger partial charge is 0.306 e. The minimum absolute atomic E-state index is 0.127. The van der Waals surface area contributed by atoms with Crippen LogP contribution in [0.5, 0.6) is 0 Å². The van der Waals surface area contributed by atoms with Gasteiger partial charge in [-0.25, -0.2) is 0 Å². The van der Waals surface area contributed by atoms with E-state index in [1.54, 1.807) is 0 Å². The van der Waals surface area contributed by atoms with Gasteiger partial charge in [-0.05, 0) is 122 Å². The zero-order chi connectivity index (χ0) is 52.2. The first-order valence-corrected chi connectivity index (χ1v) is 28.1. The second kappa shape index (κ2) is 58.3. The molecule has 0 N–H and O–H groups in total. The fourth-order valence-corrected chi connectivity index (χ4v) is 6.83. The van der Waals surface area contributed by atoms with Crippen LogP contribution in [0.25, 0.3) is 0 Å². The van der Waals surface area contributed by atoms with E-state index in [9.17, 15) is 14.4 Å². The molecule has 1 unspecified atom stereocenters. The van der Waals surface area contributed by atoms with Gasteiger partial charge in [-0.1, -0.05) is 236 Å². The molecule has 0 bridgehead atoms. The first-order chi connectivity index (χ1) is 35.5. The second-order valence-corrected chi connectivity index (χ2v) is 17.7. The Bertz CT molecular complexity index is 1700. The highest BCUT2D eigenvalue weighted by Gasteiger charge is 2.19. The summed E-state index contributed by atoms with van der Waals surface area (Å²) in [5.74, 6) is -1.07. The average molecular weight is 990 g/mol. The third kappa shape index (κ3) is 55.7. The van der Waals surface area contributed by atoms with Crippen molar-refractivity contribution < 1.29 is 28.6 Å². The van der Waals surface area contributed by atoms with Gasteiger partial charge in [0.2, 0.25) is 0 Å². The van der Waals surface area contributed by atoms with Gasteiger partial charge in [-0.15, -0.1) is 0 Å². The van der Waals surface area contributed by atoms with Crippen LogP contribution in [-0.4, -0.2) is 37.2 Å². The molecule has 72 heavy (non-hydrogen) atoms. The maximum Gasteiger partial charge on any atom is 0.306 e. The van der Waals surface area contributed by atoms with E-state index >= 15 is 0 Å². The summed E-state index contributed by atoms with van der Waals surface area (Å²) in [6.07, 6.45) is 86.5. The lowest BCUT2D eigenvalue weighted by atomic mass is 10.1. The molecule has 400 valence electrons. The van der Waals surface area contributed by atoms with Crippen molar-refractivity contribution in [1.82, 2.24) is 0 Å². The fourth-order valence-electron chi connectivity index (χ4n) is 6.83. The third-order valence-electron chi connectivity index (χ3n) is 11.0. The molecule has 0 radical (unpaired) electrons. The van der Waals surface area contributed by atoms with Crippen molar-refractivity contribution in [2.24, 2.45) is 0 Å². The topological polar surface area (TPSA) is 78.9 Å². The van der Waals surface area contributed by atoms with Crippen LogP contribution in [0.15, 0.2) is 170 Å². The Labute approximate surface area is 441 Å². The molecule has 0 rings (SSSR count). The number of rotatable bonds is 48. The molecule has 0 aliphatic rings. The van der Waals surface area contributed by atoms with Crippen molar-refractivity contribution in [2.45, 2.75) is 213 Å². The Morgan fingerprint density at radius 3 is 0.847 bits per heavy atom. The summed E-state index contributed by atoms with van der Waals surface area (Å²) in [7, 11) is 0. The molecule has 0 fully saturated rings. The molecule has 6 nitrogen and oxygen atoms in total. The van der Waals surface area contributed by atoms with Crippen LogP contribution in [0, 0.1) is 0 Å². The van der Waals surface area contributed by atoms with E-state index in [1.165, 1.54) is 32.1 Å². The minimum Gasteiger partial charge on any atom is -0.462 e. The number of unbranched alkanes of at least 4 members (excludes halogenated alkanes) is 9. The van der Waals surface area contributed by atoms with Crippen molar-refractivity contribution in [3.63, 3.8) is 0 Å². The van der Waals surface area contributed by atoms with Crippen LogP contribution in [0.1, 0.15) is 207 Å². The van der Waals surface area contributed by atoms with Gasteiger partial charge >= 0.3 is 17.9 Å². The molecule has 0 aromatic heterocycles. The van der Waals surface area contributed by atoms with E-state index < -0.39 is 12.1 Å². The zero-order valence-electron chi connectivity index (χ0n) is 45.6. The van der Waals surface area contributed by atoms with Gasteiger partial charge in [0, 0.05) is 19.3 Å². The maximum atomic E-state index is 12.8. The molecule has 1 atom stereocenters. The van der Waals surface area contributed by atoms with Crippen molar-refractivity contribution in [3.8, 4) is 0 Å². The Hall–Kier alpha value is -5.23. The molecule has 0 aromatic rings. The molecule has 0 saturated heterocycles. The maximum absolute atomic E-state index is 12.8. The summed E-state index contributed by atoms with van der Waals surface area (Å²) in [6.45, 7) is 6.26. The van der Waals surface area contributed by atoms with Gasteiger partial charge in [0.25, 0.3) is 0 Å². The van der Waals surface area contributed by atoms with Crippen LogP contribution in [0.3, 0.4) is 0 Å². The van der Waals surface area contributed by atoms with Crippen molar-refractivity contribution in [2.75, 3.05) is 13.2 Å². The van der Waals surface area contributed by atoms with Crippen LogP contribution >= 0.6 is 0 Å². The van der Waals surface area contributed by atoms with Gasteiger partial charge in [-0.3, -0.25) is 14.4 Å². The summed E-state index contributed by atoms with van der Waals surface area (Å²) in [4.78, 5) is 38.0. The number of hydrogen-bond donors (Lipinski definition) is 0. The highest BCUT2D eigenvalue weighted by molar-refractivity contribution is 5.71. The number of carbonyl (C=O) groups excluding carboxylic acids is 3. The lowest BCUT2D eigenvalue weighted by Gasteiger charge is -2.18.